The highest BCUT2D eigenvalue weighted by molar-refractivity contribution is 7.89. The van der Waals surface area contributed by atoms with E-state index in [2.05, 4.69) is 5.32 Å². The Hall–Kier alpha value is -2.75. The summed E-state index contributed by atoms with van der Waals surface area (Å²) in [5.41, 5.74) is 1.39. The predicted octanol–water partition coefficient (Wildman–Crippen LogP) is 2.58. The number of carbonyl (C=O) groups excluding carboxylic acids is 2. The number of esters is 1. The monoisotopic (exact) mass is 461 g/mol. The van der Waals surface area contributed by atoms with Crippen LogP contribution in [0.5, 0.6) is 0 Å². The number of hydrogen-bond acceptors (Lipinski definition) is 6. The van der Waals surface area contributed by atoms with Crippen LogP contribution in [-0.2, 0) is 30.9 Å². The molecule has 2 aromatic rings. The summed E-state index contributed by atoms with van der Waals surface area (Å²) in [6.07, 6.45) is 0. The number of nitrogens with zero attached hydrogens (tertiary/aromatic N) is 2. The Morgan fingerprint density at radius 2 is 1.69 bits per heavy atom. The molecule has 1 atom stereocenters. The lowest BCUT2D eigenvalue weighted by molar-refractivity contribution is -0.145. The maximum atomic E-state index is 12.8. The summed E-state index contributed by atoms with van der Waals surface area (Å²) in [5.74, 6) is -0.913. The first kappa shape index (κ1) is 25.5. The van der Waals surface area contributed by atoms with Gasteiger partial charge in [0.2, 0.25) is 15.9 Å². The molecule has 0 aliphatic rings. The molecule has 0 radical (unpaired) electrons. The van der Waals surface area contributed by atoms with Gasteiger partial charge in [-0.2, -0.15) is 4.31 Å². The van der Waals surface area contributed by atoms with Gasteiger partial charge in [-0.25, -0.2) is 8.42 Å². The van der Waals surface area contributed by atoms with Gasteiger partial charge in [0, 0.05) is 25.8 Å². The summed E-state index contributed by atoms with van der Waals surface area (Å²) >= 11 is 0. The lowest BCUT2D eigenvalue weighted by Crippen LogP contribution is -2.38. The van der Waals surface area contributed by atoms with Crippen molar-refractivity contribution in [2.75, 3.05) is 39.1 Å². The van der Waals surface area contributed by atoms with Gasteiger partial charge >= 0.3 is 5.97 Å². The molecule has 8 nitrogen and oxygen atoms in total. The highest BCUT2D eigenvalue weighted by Gasteiger charge is 2.21. The molecule has 2 aromatic carbocycles. The molecule has 0 aliphatic carbocycles. The number of sulfonamides is 1. The first-order chi connectivity index (χ1) is 15.2. The fraction of sp³-hybridized carbons (Fsp3) is 0.391. The van der Waals surface area contributed by atoms with E-state index in [9.17, 15) is 18.0 Å². The second-order valence-corrected chi connectivity index (χ2v) is 9.62. The molecule has 0 saturated carbocycles. The third-order valence-corrected chi connectivity index (χ3v) is 6.86. The zero-order chi connectivity index (χ0) is 23.7. The van der Waals surface area contributed by atoms with E-state index >= 15 is 0 Å². The van der Waals surface area contributed by atoms with Crippen LogP contribution in [0.4, 0.5) is 5.69 Å². The van der Waals surface area contributed by atoms with Crippen LogP contribution in [0, 0.1) is 5.92 Å². The van der Waals surface area contributed by atoms with Gasteiger partial charge in [-0.05, 0) is 36.4 Å². The molecular weight excluding hydrogens is 430 g/mol. The van der Waals surface area contributed by atoms with E-state index in [4.69, 9.17) is 4.74 Å². The van der Waals surface area contributed by atoms with Crippen LogP contribution in [0.2, 0.25) is 0 Å². The normalized spacial score (nSPS) is 12.6. The second kappa shape index (κ2) is 11.8. The van der Waals surface area contributed by atoms with Gasteiger partial charge in [-0.1, -0.05) is 44.2 Å². The molecule has 0 spiro atoms. The van der Waals surface area contributed by atoms with Crippen LogP contribution in [-0.4, -0.2) is 63.3 Å². The van der Waals surface area contributed by atoms with E-state index in [1.165, 1.54) is 30.6 Å². The number of carbonyl (C=O) groups is 2. The summed E-state index contributed by atoms with van der Waals surface area (Å²) in [7, 11) is -0.788. The van der Waals surface area contributed by atoms with Crippen LogP contribution in [0.3, 0.4) is 0 Å². The molecule has 2 rings (SSSR count). The van der Waals surface area contributed by atoms with Gasteiger partial charge in [0.25, 0.3) is 0 Å². The van der Waals surface area contributed by atoms with Crippen LogP contribution in [0.25, 0.3) is 0 Å². The van der Waals surface area contributed by atoms with E-state index in [0.717, 1.165) is 5.56 Å². The second-order valence-electron chi connectivity index (χ2n) is 7.57. The lowest BCUT2D eigenvalue weighted by atomic mass is 10.1. The largest absolute Gasteiger partial charge is 0.469 e. The average molecular weight is 462 g/mol. The van der Waals surface area contributed by atoms with Gasteiger partial charge in [-0.3, -0.25) is 14.5 Å². The summed E-state index contributed by atoms with van der Waals surface area (Å²) in [4.78, 5) is 26.0. The quantitative estimate of drug-likeness (QED) is 0.517. The van der Waals surface area contributed by atoms with Crippen LogP contribution in [0.15, 0.2) is 59.5 Å². The number of amides is 1. The molecule has 0 saturated heterocycles. The Labute approximate surface area is 190 Å². The molecule has 0 bridgehead atoms. The van der Waals surface area contributed by atoms with Gasteiger partial charge in [0.05, 0.1) is 24.5 Å². The van der Waals surface area contributed by atoms with Gasteiger partial charge in [0.1, 0.15) is 0 Å². The van der Waals surface area contributed by atoms with Crippen LogP contribution < -0.4 is 5.32 Å². The molecule has 9 heteroatoms. The van der Waals surface area contributed by atoms with Crippen molar-refractivity contribution < 1.29 is 22.7 Å². The van der Waals surface area contributed by atoms with E-state index in [0.29, 0.717) is 18.8 Å². The van der Waals surface area contributed by atoms with Gasteiger partial charge in [0.15, 0.2) is 0 Å². The molecule has 1 N–H and O–H groups in total. The zero-order valence-corrected chi connectivity index (χ0v) is 19.8. The fourth-order valence-corrected chi connectivity index (χ4v) is 4.35. The minimum Gasteiger partial charge on any atom is -0.469 e. The van der Waals surface area contributed by atoms with Crippen molar-refractivity contribution in [1.29, 1.82) is 0 Å². The minimum atomic E-state index is -3.66. The number of anilines is 1. The van der Waals surface area contributed by atoms with E-state index in [-0.39, 0.29) is 35.8 Å². The van der Waals surface area contributed by atoms with E-state index in [1.807, 2.05) is 42.2 Å². The first-order valence-corrected chi connectivity index (χ1v) is 11.8. The first-order valence-electron chi connectivity index (χ1n) is 10.4. The topological polar surface area (TPSA) is 96.0 Å². The van der Waals surface area contributed by atoms with Crippen molar-refractivity contribution in [3.63, 3.8) is 0 Å². The van der Waals surface area contributed by atoms with Crippen molar-refractivity contribution in [3.8, 4) is 0 Å². The maximum absolute atomic E-state index is 12.8. The third kappa shape index (κ3) is 7.15. The molecule has 174 valence electrons. The zero-order valence-electron chi connectivity index (χ0n) is 18.9. The smallest absolute Gasteiger partial charge is 0.309 e. The summed E-state index contributed by atoms with van der Waals surface area (Å²) in [6, 6.07) is 15.4. The summed E-state index contributed by atoms with van der Waals surface area (Å²) < 4.78 is 31.7. The molecule has 32 heavy (non-hydrogen) atoms. The highest BCUT2D eigenvalue weighted by Crippen LogP contribution is 2.19. The number of nitrogens with one attached hydrogen (secondary N) is 1. The minimum absolute atomic E-state index is 0.109. The third-order valence-electron chi connectivity index (χ3n) is 5.04. The Morgan fingerprint density at radius 1 is 1.06 bits per heavy atom. The molecule has 1 amide bonds. The Morgan fingerprint density at radius 3 is 2.25 bits per heavy atom. The van der Waals surface area contributed by atoms with Crippen LogP contribution >= 0.6 is 0 Å². The molecule has 1 unspecified atom stereocenters. The van der Waals surface area contributed by atoms with Gasteiger partial charge in [-0.15, -0.1) is 0 Å². The Kier molecular flexibility index (Phi) is 9.37. The van der Waals surface area contributed by atoms with Crippen molar-refractivity contribution in [3.05, 3.63) is 60.2 Å². The molecule has 0 fully saturated rings. The standard InChI is InChI=1S/C23H31N3O5S/c1-5-26(15-18(2)23(28)31-4)17-22(27)24-20-11-13-21(14-12-20)32(29,30)25(3)16-19-9-7-6-8-10-19/h6-14,18H,5,15-17H2,1-4H3,(H,24,27). The predicted molar refractivity (Wildman–Crippen MR) is 123 cm³/mol. The summed E-state index contributed by atoms with van der Waals surface area (Å²) in [5, 5.41) is 2.77. The number of benzene rings is 2. The highest BCUT2D eigenvalue weighted by atomic mass is 32.2. The van der Waals surface area contributed by atoms with Crippen molar-refractivity contribution in [2.45, 2.75) is 25.3 Å². The molecule has 0 aromatic heterocycles. The number of hydrogen-bond donors (Lipinski definition) is 1. The molecular formula is C23H31N3O5S. The number of likely N-dealkylation sites (N-methyl/N-ethyl adjacent to an activating group) is 1. The van der Waals surface area contributed by atoms with Crippen molar-refractivity contribution >= 4 is 27.6 Å². The number of ether oxygens (including phenoxy) is 1. The Balaban J connectivity index is 1.97. The Bertz CT molecular complexity index is 994. The number of methoxy groups -OCH3 is 1. The van der Waals surface area contributed by atoms with E-state index in [1.54, 1.807) is 19.1 Å². The van der Waals surface area contributed by atoms with Crippen LogP contribution in [0.1, 0.15) is 19.4 Å². The van der Waals surface area contributed by atoms with Crippen molar-refractivity contribution in [1.82, 2.24) is 9.21 Å². The maximum Gasteiger partial charge on any atom is 0.309 e. The lowest BCUT2D eigenvalue weighted by Gasteiger charge is -2.22. The van der Waals surface area contributed by atoms with E-state index < -0.39 is 10.0 Å². The van der Waals surface area contributed by atoms with Gasteiger partial charge < -0.3 is 10.1 Å². The van der Waals surface area contributed by atoms with Crippen molar-refractivity contribution in [2.24, 2.45) is 5.92 Å². The average Bonchev–Trinajstić information content (AvgIpc) is 2.78. The number of rotatable bonds is 11. The molecule has 0 aliphatic heterocycles. The fourth-order valence-electron chi connectivity index (χ4n) is 3.19. The SMILES string of the molecule is CCN(CC(=O)Nc1ccc(S(=O)(=O)N(C)Cc2ccccc2)cc1)CC(C)C(=O)OC. The summed E-state index contributed by atoms with van der Waals surface area (Å²) in [6.45, 7) is 5.03. The molecule has 0 heterocycles.